The minimum absolute atomic E-state index is 0.0267. The number of rotatable bonds is 3. The fraction of sp³-hybridized carbons (Fsp3) is 0.333. The van der Waals surface area contributed by atoms with Gasteiger partial charge < -0.3 is 0 Å². The second-order valence-corrected chi connectivity index (χ2v) is 4.58. The normalized spacial score (nSPS) is 23.7. The molecule has 2 rings (SSSR count). The first kappa shape index (κ1) is 11.8. The smallest absolute Gasteiger partial charge is 0.150 e. The zero-order chi connectivity index (χ0) is 12.5. The van der Waals surface area contributed by atoms with Crippen molar-refractivity contribution in [2.24, 2.45) is 5.41 Å². The van der Waals surface area contributed by atoms with E-state index < -0.39 is 5.41 Å². The van der Waals surface area contributed by atoms with Crippen molar-refractivity contribution in [3.8, 4) is 0 Å². The number of allylic oxidation sites excluding steroid dienone is 1. The minimum Gasteiger partial charge on any atom is -0.299 e. The van der Waals surface area contributed by atoms with Crippen LogP contribution < -0.4 is 0 Å². The summed E-state index contributed by atoms with van der Waals surface area (Å²) in [5.74, 6) is -0.0484. The highest BCUT2D eigenvalue weighted by molar-refractivity contribution is 6.17. The largest absolute Gasteiger partial charge is 0.299 e. The predicted octanol–water partition coefficient (Wildman–Crippen LogP) is 3.03. The average Bonchev–Trinajstić information content (AvgIpc) is 2.72. The summed E-state index contributed by atoms with van der Waals surface area (Å²) in [4.78, 5) is 24.0. The summed E-state index contributed by atoms with van der Waals surface area (Å²) >= 11 is 0. The monoisotopic (exact) mass is 228 g/mol. The van der Waals surface area contributed by atoms with Crippen molar-refractivity contribution in [1.29, 1.82) is 0 Å². The lowest BCUT2D eigenvalue weighted by Crippen LogP contribution is -2.34. The van der Waals surface area contributed by atoms with Crippen molar-refractivity contribution >= 4 is 17.1 Å². The van der Waals surface area contributed by atoms with Crippen molar-refractivity contribution in [3.05, 3.63) is 42.5 Å². The lowest BCUT2D eigenvalue weighted by atomic mass is 9.72. The maximum atomic E-state index is 12.1. The molecular formula is C15H16O2. The van der Waals surface area contributed by atoms with E-state index in [0.717, 1.165) is 12.0 Å². The maximum Gasteiger partial charge on any atom is 0.150 e. The highest BCUT2D eigenvalue weighted by atomic mass is 16.2. The molecule has 1 aliphatic carbocycles. The number of carbonyl (C=O) groups excluding carboxylic acids is 2. The van der Waals surface area contributed by atoms with Crippen molar-refractivity contribution < 1.29 is 9.59 Å². The lowest BCUT2D eigenvalue weighted by Gasteiger charge is -2.27. The molecule has 0 spiro atoms. The third kappa shape index (κ3) is 1.74. The molecule has 0 saturated heterocycles. The average molecular weight is 228 g/mol. The van der Waals surface area contributed by atoms with Crippen LogP contribution in [0.15, 0.2) is 36.9 Å². The third-order valence-corrected chi connectivity index (χ3v) is 3.67. The second-order valence-electron chi connectivity index (χ2n) is 4.58. The Bertz CT molecular complexity index is 473. The van der Waals surface area contributed by atoms with Gasteiger partial charge in [-0.1, -0.05) is 36.9 Å². The molecule has 1 aliphatic rings. The van der Waals surface area contributed by atoms with E-state index in [1.54, 1.807) is 0 Å². The molecule has 1 aromatic carbocycles. The molecule has 17 heavy (non-hydrogen) atoms. The fourth-order valence-corrected chi connectivity index (χ4v) is 2.66. The predicted molar refractivity (Wildman–Crippen MR) is 67.4 cm³/mol. The molecule has 1 aromatic rings. The Hall–Kier alpha value is -1.70. The molecule has 0 radical (unpaired) electrons. The van der Waals surface area contributed by atoms with Gasteiger partial charge in [0.25, 0.3) is 0 Å². The van der Waals surface area contributed by atoms with Crippen molar-refractivity contribution in [1.82, 2.24) is 0 Å². The Labute approximate surface area is 101 Å². The Kier molecular flexibility index (Phi) is 2.97. The maximum absolute atomic E-state index is 12.1. The van der Waals surface area contributed by atoms with Crippen molar-refractivity contribution in [3.63, 3.8) is 0 Å². The van der Waals surface area contributed by atoms with Gasteiger partial charge in [0.2, 0.25) is 0 Å². The van der Waals surface area contributed by atoms with Crippen LogP contribution in [0, 0.1) is 5.41 Å². The Morgan fingerprint density at radius 1 is 1.29 bits per heavy atom. The van der Waals surface area contributed by atoms with E-state index in [2.05, 4.69) is 6.58 Å². The van der Waals surface area contributed by atoms with Gasteiger partial charge in [0, 0.05) is 6.42 Å². The fourth-order valence-electron chi connectivity index (χ4n) is 2.66. The Morgan fingerprint density at radius 2 is 1.94 bits per heavy atom. The molecule has 0 bridgehead atoms. The first-order valence-corrected chi connectivity index (χ1v) is 5.88. The molecule has 0 amide bonds. The Morgan fingerprint density at radius 3 is 2.41 bits per heavy atom. The van der Waals surface area contributed by atoms with Crippen LogP contribution in [0.25, 0.3) is 5.57 Å². The number of hydrogen-bond acceptors (Lipinski definition) is 2. The van der Waals surface area contributed by atoms with Crippen LogP contribution in [0.2, 0.25) is 0 Å². The molecule has 2 heteroatoms. The number of carbonyl (C=O) groups is 2. The molecule has 1 unspecified atom stereocenters. The van der Waals surface area contributed by atoms with Gasteiger partial charge in [0.1, 0.15) is 11.2 Å². The molecule has 0 heterocycles. The number of benzene rings is 1. The van der Waals surface area contributed by atoms with Gasteiger partial charge in [0.15, 0.2) is 5.78 Å². The zero-order valence-corrected chi connectivity index (χ0v) is 10.0. The van der Waals surface area contributed by atoms with Crippen molar-refractivity contribution in [2.75, 3.05) is 0 Å². The summed E-state index contributed by atoms with van der Waals surface area (Å²) < 4.78 is 0. The molecular weight excluding hydrogens is 212 g/mol. The topological polar surface area (TPSA) is 34.1 Å². The highest BCUT2D eigenvalue weighted by Crippen LogP contribution is 2.45. The SMILES string of the molecule is C=C(c1ccccc1)C1(C(C)=O)CCCC1=O. The Balaban J connectivity index is 2.46. The molecule has 1 atom stereocenters. The molecule has 0 aromatic heterocycles. The van der Waals surface area contributed by atoms with E-state index in [9.17, 15) is 9.59 Å². The molecule has 1 saturated carbocycles. The van der Waals surface area contributed by atoms with Gasteiger partial charge in [0.05, 0.1) is 0 Å². The number of ketones is 2. The molecule has 0 N–H and O–H groups in total. The zero-order valence-electron chi connectivity index (χ0n) is 10.0. The third-order valence-electron chi connectivity index (χ3n) is 3.67. The summed E-state index contributed by atoms with van der Waals surface area (Å²) in [5, 5.41) is 0. The van der Waals surface area contributed by atoms with Crippen LogP contribution in [-0.4, -0.2) is 11.6 Å². The standard InChI is InChI=1S/C15H16O2/c1-11(13-7-4-3-5-8-13)15(12(2)16)10-6-9-14(15)17/h3-5,7-8H,1,6,9-10H2,2H3. The van der Waals surface area contributed by atoms with E-state index in [1.165, 1.54) is 6.92 Å². The molecule has 2 nitrogen and oxygen atoms in total. The van der Waals surface area contributed by atoms with Gasteiger partial charge >= 0.3 is 0 Å². The summed E-state index contributed by atoms with van der Waals surface area (Å²) in [7, 11) is 0. The highest BCUT2D eigenvalue weighted by Gasteiger charge is 2.48. The van der Waals surface area contributed by atoms with Gasteiger partial charge in [-0.15, -0.1) is 0 Å². The summed E-state index contributed by atoms with van der Waals surface area (Å²) in [6.07, 6.45) is 1.88. The van der Waals surface area contributed by atoms with Gasteiger partial charge in [-0.3, -0.25) is 9.59 Å². The first-order chi connectivity index (χ1) is 8.09. The van der Waals surface area contributed by atoms with E-state index in [1.807, 2.05) is 30.3 Å². The molecule has 1 fully saturated rings. The lowest BCUT2D eigenvalue weighted by molar-refractivity contribution is -0.133. The van der Waals surface area contributed by atoms with Crippen LogP contribution in [0.1, 0.15) is 31.7 Å². The number of hydrogen-bond donors (Lipinski definition) is 0. The summed E-state index contributed by atoms with van der Waals surface area (Å²) in [6.45, 7) is 5.51. The first-order valence-electron chi connectivity index (χ1n) is 5.88. The van der Waals surface area contributed by atoms with E-state index in [-0.39, 0.29) is 11.6 Å². The molecule has 0 aliphatic heterocycles. The molecule has 88 valence electrons. The van der Waals surface area contributed by atoms with Crippen LogP contribution in [0.4, 0.5) is 0 Å². The summed E-state index contributed by atoms with van der Waals surface area (Å²) in [5.41, 5.74) is 0.590. The van der Waals surface area contributed by atoms with E-state index in [4.69, 9.17) is 0 Å². The van der Waals surface area contributed by atoms with Crippen LogP contribution in [0.3, 0.4) is 0 Å². The second kappa shape index (κ2) is 4.28. The van der Waals surface area contributed by atoms with Gasteiger partial charge in [-0.05, 0) is 30.9 Å². The van der Waals surface area contributed by atoms with Crippen molar-refractivity contribution in [2.45, 2.75) is 26.2 Å². The van der Waals surface area contributed by atoms with Crippen LogP contribution in [0.5, 0.6) is 0 Å². The van der Waals surface area contributed by atoms with Gasteiger partial charge in [-0.25, -0.2) is 0 Å². The van der Waals surface area contributed by atoms with Crippen LogP contribution >= 0.6 is 0 Å². The quantitative estimate of drug-likeness (QED) is 0.745. The van der Waals surface area contributed by atoms with Crippen LogP contribution in [-0.2, 0) is 9.59 Å². The van der Waals surface area contributed by atoms with E-state index >= 15 is 0 Å². The minimum atomic E-state index is -0.957. The van der Waals surface area contributed by atoms with Gasteiger partial charge in [-0.2, -0.15) is 0 Å². The van der Waals surface area contributed by atoms with E-state index in [0.29, 0.717) is 18.4 Å². The summed E-state index contributed by atoms with van der Waals surface area (Å²) in [6, 6.07) is 9.51. The number of Topliss-reactive ketones (excluding diaryl/α,β-unsaturated/α-hetero) is 2.